The summed E-state index contributed by atoms with van der Waals surface area (Å²) in [5.41, 5.74) is -0.158. The van der Waals surface area contributed by atoms with Gasteiger partial charge < -0.3 is 0 Å². The van der Waals surface area contributed by atoms with E-state index in [1.807, 2.05) is 0 Å². The highest BCUT2D eigenvalue weighted by Gasteiger charge is 2.03. The molecule has 0 amide bonds. The molecule has 0 atom stereocenters. The van der Waals surface area contributed by atoms with Crippen molar-refractivity contribution in [3.8, 4) is 0 Å². The zero-order valence-electron chi connectivity index (χ0n) is 4.89. The fraction of sp³-hybridized carbons (Fsp3) is 0. The Morgan fingerprint density at radius 2 is 2.00 bits per heavy atom. The van der Waals surface area contributed by atoms with Crippen LogP contribution in [0.4, 0.5) is 5.69 Å². The van der Waals surface area contributed by atoms with Crippen molar-refractivity contribution in [2.45, 2.75) is 0 Å². The molecular formula is C5H3N3O2. The van der Waals surface area contributed by atoms with E-state index >= 15 is 0 Å². The van der Waals surface area contributed by atoms with E-state index in [0.29, 0.717) is 0 Å². The van der Waals surface area contributed by atoms with Gasteiger partial charge in [0.05, 0.1) is 4.92 Å². The number of rotatable bonds is 1. The molecular weight excluding hydrogens is 134 g/mol. The molecule has 0 bridgehead atoms. The van der Waals surface area contributed by atoms with Gasteiger partial charge in [-0.25, -0.2) is 9.97 Å². The maximum atomic E-state index is 10.00. The average Bonchev–Trinajstić information content (AvgIpc) is 1.88. The molecule has 5 heteroatoms. The van der Waals surface area contributed by atoms with Gasteiger partial charge in [-0.05, 0) is 0 Å². The lowest BCUT2D eigenvalue weighted by atomic mass is 10.5. The highest BCUT2D eigenvalue weighted by Crippen LogP contribution is 2.04. The molecule has 0 spiro atoms. The van der Waals surface area contributed by atoms with Crippen LogP contribution in [0.15, 0.2) is 12.4 Å². The molecule has 50 valence electrons. The molecule has 2 radical (unpaired) electrons. The summed E-state index contributed by atoms with van der Waals surface area (Å²) < 4.78 is 0. The zero-order chi connectivity index (χ0) is 7.56. The first kappa shape index (κ1) is 6.60. The summed E-state index contributed by atoms with van der Waals surface area (Å²) in [6.07, 6.45) is 2.12. The molecule has 5 nitrogen and oxygen atoms in total. The Morgan fingerprint density at radius 1 is 1.50 bits per heavy atom. The summed E-state index contributed by atoms with van der Waals surface area (Å²) in [4.78, 5) is 16.3. The van der Waals surface area contributed by atoms with Gasteiger partial charge in [-0.2, -0.15) is 0 Å². The Labute approximate surface area is 56.9 Å². The van der Waals surface area contributed by atoms with Crippen LogP contribution in [0.25, 0.3) is 0 Å². The summed E-state index contributed by atoms with van der Waals surface area (Å²) in [7, 11) is 0. The molecule has 10 heavy (non-hydrogen) atoms. The first-order valence-electron chi connectivity index (χ1n) is 2.42. The van der Waals surface area contributed by atoms with E-state index in [1.54, 1.807) is 0 Å². The van der Waals surface area contributed by atoms with Crippen LogP contribution in [0.3, 0.4) is 0 Å². The minimum Gasteiger partial charge on any atom is -0.258 e. The van der Waals surface area contributed by atoms with Crippen molar-refractivity contribution in [2.75, 3.05) is 0 Å². The monoisotopic (exact) mass is 137 g/mol. The van der Waals surface area contributed by atoms with E-state index in [4.69, 9.17) is 6.92 Å². The molecule has 1 aromatic heterocycles. The van der Waals surface area contributed by atoms with Crippen LogP contribution in [-0.2, 0) is 0 Å². The average molecular weight is 137 g/mol. The Balaban J connectivity index is 3.00. The number of aromatic nitrogens is 2. The van der Waals surface area contributed by atoms with E-state index in [-0.39, 0.29) is 11.5 Å². The Bertz CT molecular complexity index is 244. The maximum absolute atomic E-state index is 10.00. The Kier molecular flexibility index (Phi) is 1.57. The van der Waals surface area contributed by atoms with E-state index in [0.717, 1.165) is 12.4 Å². The lowest BCUT2D eigenvalue weighted by molar-refractivity contribution is -0.385. The molecule has 0 aromatic carbocycles. The van der Waals surface area contributed by atoms with Crippen molar-refractivity contribution >= 4 is 5.69 Å². The Hall–Kier alpha value is -1.52. The van der Waals surface area contributed by atoms with Gasteiger partial charge in [0.2, 0.25) is 0 Å². The number of hydrogen-bond acceptors (Lipinski definition) is 4. The largest absolute Gasteiger partial charge is 0.305 e. The molecule has 1 rings (SSSR count). The summed E-state index contributed by atoms with van der Waals surface area (Å²) in [6, 6.07) is 0. The van der Waals surface area contributed by atoms with Crippen molar-refractivity contribution in [3.63, 3.8) is 0 Å². The smallest absolute Gasteiger partial charge is 0.258 e. The summed E-state index contributed by atoms with van der Waals surface area (Å²) >= 11 is 0. The standard InChI is InChI=1S/C5H3N3O2/c1-4-6-2-5(3-7-4)8(9)10/h1-3H. The van der Waals surface area contributed by atoms with Crippen LogP contribution in [0.2, 0.25) is 0 Å². The fourth-order valence-electron chi connectivity index (χ4n) is 0.425. The maximum Gasteiger partial charge on any atom is 0.305 e. The normalized spacial score (nSPS) is 9.30. The molecule has 0 unspecified atom stereocenters. The SMILES string of the molecule is [CH]c1ncc([N+](=O)[O-])cn1. The second-order valence-corrected chi connectivity index (χ2v) is 1.56. The molecule has 0 aliphatic heterocycles. The molecule has 1 heterocycles. The third-order valence-corrected chi connectivity index (χ3v) is 0.869. The van der Waals surface area contributed by atoms with Crippen LogP contribution in [-0.4, -0.2) is 14.9 Å². The summed E-state index contributed by atoms with van der Waals surface area (Å²) in [6.45, 7) is 5.08. The van der Waals surface area contributed by atoms with Crippen LogP contribution in [0.1, 0.15) is 5.82 Å². The van der Waals surface area contributed by atoms with Gasteiger partial charge in [0.1, 0.15) is 18.2 Å². The van der Waals surface area contributed by atoms with Gasteiger partial charge in [0, 0.05) is 6.92 Å². The van der Waals surface area contributed by atoms with E-state index in [2.05, 4.69) is 9.97 Å². The van der Waals surface area contributed by atoms with E-state index in [9.17, 15) is 10.1 Å². The first-order chi connectivity index (χ1) is 4.70. The highest BCUT2D eigenvalue weighted by atomic mass is 16.6. The predicted octanol–water partition coefficient (Wildman–Crippen LogP) is 0.444. The second kappa shape index (κ2) is 2.38. The van der Waals surface area contributed by atoms with Gasteiger partial charge in [-0.1, -0.05) is 0 Å². The second-order valence-electron chi connectivity index (χ2n) is 1.56. The quantitative estimate of drug-likeness (QED) is 0.416. The molecule has 0 saturated carbocycles. The third kappa shape index (κ3) is 1.25. The molecule has 1 aromatic rings. The van der Waals surface area contributed by atoms with Gasteiger partial charge in [0.25, 0.3) is 0 Å². The van der Waals surface area contributed by atoms with Crippen molar-refractivity contribution in [1.82, 2.24) is 9.97 Å². The first-order valence-corrected chi connectivity index (χ1v) is 2.42. The van der Waals surface area contributed by atoms with Gasteiger partial charge in [-0.15, -0.1) is 0 Å². The van der Waals surface area contributed by atoms with Gasteiger partial charge in [-0.3, -0.25) is 10.1 Å². The van der Waals surface area contributed by atoms with E-state index < -0.39 is 4.92 Å². The van der Waals surface area contributed by atoms with Crippen molar-refractivity contribution < 1.29 is 4.92 Å². The van der Waals surface area contributed by atoms with Gasteiger partial charge in [0.15, 0.2) is 0 Å². The number of nitro groups is 1. The topological polar surface area (TPSA) is 68.9 Å². The highest BCUT2D eigenvalue weighted by molar-refractivity contribution is 5.20. The van der Waals surface area contributed by atoms with Gasteiger partial charge >= 0.3 is 5.69 Å². The van der Waals surface area contributed by atoms with Crippen LogP contribution in [0, 0.1) is 17.0 Å². The lowest BCUT2D eigenvalue weighted by Gasteiger charge is -1.88. The van der Waals surface area contributed by atoms with Crippen LogP contribution in [0.5, 0.6) is 0 Å². The predicted molar refractivity (Wildman–Crippen MR) is 32.1 cm³/mol. The van der Waals surface area contributed by atoms with Crippen LogP contribution < -0.4 is 0 Å². The third-order valence-electron chi connectivity index (χ3n) is 0.869. The zero-order valence-corrected chi connectivity index (χ0v) is 4.89. The molecule has 0 fully saturated rings. The minimum absolute atomic E-state index is 0.0330. The van der Waals surface area contributed by atoms with Crippen LogP contribution >= 0.6 is 0 Å². The lowest BCUT2D eigenvalue weighted by Crippen LogP contribution is -1.92. The molecule has 0 N–H and O–H groups in total. The fourth-order valence-corrected chi connectivity index (χ4v) is 0.425. The molecule has 0 saturated heterocycles. The van der Waals surface area contributed by atoms with E-state index in [1.165, 1.54) is 0 Å². The number of nitrogens with zero attached hydrogens (tertiary/aromatic N) is 3. The molecule has 0 aliphatic rings. The van der Waals surface area contributed by atoms with Crippen molar-refractivity contribution in [3.05, 3.63) is 35.3 Å². The Morgan fingerprint density at radius 3 is 2.40 bits per heavy atom. The van der Waals surface area contributed by atoms with Crippen molar-refractivity contribution in [1.29, 1.82) is 0 Å². The summed E-state index contributed by atoms with van der Waals surface area (Å²) in [5.74, 6) is 0.0330. The molecule has 0 aliphatic carbocycles. The number of hydrogen-bond donors (Lipinski definition) is 0. The minimum atomic E-state index is -0.584. The summed E-state index contributed by atoms with van der Waals surface area (Å²) in [5, 5.41) is 10.00. The van der Waals surface area contributed by atoms with Crippen molar-refractivity contribution in [2.24, 2.45) is 0 Å².